The van der Waals surface area contributed by atoms with Crippen LogP contribution in [0.15, 0.2) is 65.1 Å². The average molecular weight is 499 g/mol. The molecule has 4 aromatic rings. The van der Waals surface area contributed by atoms with E-state index in [1.165, 1.54) is 19.2 Å². The molecule has 10 nitrogen and oxygen atoms in total. The number of hydrogen-bond donors (Lipinski definition) is 2. The highest BCUT2D eigenvalue weighted by atomic mass is 35.5. The number of nitro groups is 1. The normalized spacial score (nSPS) is 10.6. The summed E-state index contributed by atoms with van der Waals surface area (Å²) in [5.74, 6) is 0.381. The third kappa shape index (κ3) is 5.11. The van der Waals surface area contributed by atoms with Crippen molar-refractivity contribution in [3.05, 3.63) is 81.4 Å². The van der Waals surface area contributed by atoms with Gasteiger partial charge < -0.3 is 14.5 Å². The van der Waals surface area contributed by atoms with Gasteiger partial charge in [-0.25, -0.2) is 9.78 Å². The predicted molar refractivity (Wildman–Crippen MR) is 128 cm³/mol. The monoisotopic (exact) mass is 498 g/mol. The second-order valence-corrected chi connectivity index (χ2v) is 8.02. The fourth-order valence-electron chi connectivity index (χ4n) is 3.02. The zero-order valence-corrected chi connectivity index (χ0v) is 19.0. The Labute approximate surface area is 201 Å². The molecule has 0 aliphatic carbocycles. The highest BCUT2D eigenvalue weighted by Gasteiger charge is 2.19. The lowest BCUT2D eigenvalue weighted by Gasteiger charge is -2.08. The maximum atomic E-state index is 12.4. The van der Waals surface area contributed by atoms with Crippen LogP contribution in [0.5, 0.6) is 5.75 Å². The maximum absolute atomic E-state index is 12.4. The van der Waals surface area contributed by atoms with Crippen LogP contribution in [0.1, 0.15) is 10.4 Å². The van der Waals surface area contributed by atoms with E-state index in [-0.39, 0.29) is 17.0 Å². The molecule has 2 amide bonds. The zero-order chi connectivity index (χ0) is 24.2. The van der Waals surface area contributed by atoms with E-state index in [9.17, 15) is 19.7 Å². The minimum absolute atomic E-state index is 0.0270. The third-order valence-corrected chi connectivity index (χ3v) is 5.51. The summed E-state index contributed by atoms with van der Waals surface area (Å²) in [6, 6.07) is 15.0. The van der Waals surface area contributed by atoms with Gasteiger partial charge >= 0.3 is 11.7 Å². The lowest BCUT2D eigenvalue weighted by atomic mass is 10.2. The van der Waals surface area contributed by atoms with Crippen LogP contribution in [0.2, 0.25) is 5.02 Å². The number of amides is 2. The van der Waals surface area contributed by atoms with E-state index >= 15 is 0 Å². The number of urea groups is 1. The number of oxazole rings is 1. The first-order valence-electron chi connectivity index (χ1n) is 9.61. The summed E-state index contributed by atoms with van der Waals surface area (Å²) in [6.07, 6.45) is 0. The smallest absolute Gasteiger partial charge is 0.329 e. The van der Waals surface area contributed by atoms with Crippen LogP contribution in [0.25, 0.3) is 22.6 Å². The van der Waals surface area contributed by atoms with Crippen molar-refractivity contribution in [2.75, 3.05) is 12.4 Å². The molecule has 4 rings (SSSR count). The molecule has 0 fully saturated rings. The Hall–Kier alpha value is -4.09. The first-order chi connectivity index (χ1) is 16.3. The SMILES string of the molecule is COc1ccc(C(=O)SNC(=O)Nc2cccc(-c3nc4cc(Cl)ccc4o3)c2)cc1[N+](=O)[O-]. The molecule has 0 radical (unpaired) electrons. The number of ether oxygens (including phenoxy) is 1. The number of methoxy groups -OCH3 is 1. The molecule has 3 aromatic carbocycles. The maximum Gasteiger partial charge on any atom is 0.329 e. The molecule has 0 unspecified atom stereocenters. The number of halogens is 1. The number of anilines is 1. The van der Waals surface area contributed by atoms with E-state index in [4.69, 9.17) is 20.8 Å². The second kappa shape index (κ2) is 9.81. The topological polar surface area (TPSA) is 137 Å². The zero-order valence-electron chi connectivity index (χ0n) is 17.4. The summed E-state index contributed by atoms with van der Waals surface area (Å²) >= 11 is 6.47. The first kappa shape index (κ1) is 23.1. The summed E-state index contributed by atoms with van der Waals surface area (Å²) in [5, 5.41) is 13.7. The van der Waals surface area contributed by atoms with Crippen molar-refractivity contribution in [1.82, 2.24) is 9.71 Å². The molecule has 172 valence electrons. The van der Waals surface area contributed by atoms with Crippen molar-refractivity contribution < 1.29 is 23.7 Å². The van der Waals surface area contributed by atoms with Gasteiger partial charge in [0.25, 0.3) is 0 Å². The van der Waals surface area contributed by atoms with Crippen LogP contribution < -0.4 is 14.8 Å². The average Bonchev–Trinajstić information content (AvgIpc) is 3.25. The van der Waals surface area contributed by atoms with Gasteiger partial charge in [0, 0.05) is 39.9 Å². The Morgan fingerprint density at radius 3 is 2.74 bits per heavy atom. The Kier molecular flexibility index (Phi) is 6.66. The largest absolute Gasteiger partial charge is 0.490 e. The third-order valence-electron chi connectivity index (χ3n) is 4.56. The van der Waals surface area contributed by atoms with Crippen LogP contribution in [-0.2, 0) is 0 Å². The summed E-state index contributed by atoms with van der Waals surface area (Å²) in [6.45, 7) is 0. The molecule has 34 heavy (non-hydrogen) atoms. The number of hydrogen-bond acceptors (Lipinski definition) is 8. The lowest BCUT2D eigenvalue weighted by molar-refractivity contribution is -0.385. The van der Waals surface area contributed by atoms with E-state index < -0.39 is 16.1 Å². The molecule has 0 bridgehead atoms. The molecule has 0 aliphatic rings. The quantitative estimate of drug-likeness (QED) is 0.204. The Morgan fingerprint density at radius 1 is 1.15 bits per heavy atom. The van der Waals surface area contributed by atoms with Crippen LogP contribution in [-0.4, -0.2) is 28.2 Å². The van der Waals surface area contributed by atoms with Crippen molar-refractivity contribution >= 4 is 57.2 Å². The number of nitro benzene ring substituents is 1. The molecule has 0 saturated heterocycles. The van der Waals surface area contributed by atoms with Crippen molar-refractivity contribution in [3.63, 3.8) is 0 Å². The molecule has 0 aliphatic heterocycles. The molecular formula is C22H15ClN4O6S. The fourth-order valence-corrected chi connectivity index (χ4v) is 3.67. The van der Waals surface area contributed by atoms with E-state index in [1.807, 2.05) is 0 Å². The van der Waals surface area contributed by atoms with Crippen LogP contribution in [0.3, 0.4) is 0 Å². The minimum atomic E-state index is -0.664. The predicted octanol–water partition coefficient (Wildman–Crippen LogP) is 5.68. The van der Waals surface area contributed by atoms with Gasteiger partial charge in [-0.1, -0.05) is 17.7 Å². The van der Waals surface area contributed by atoms with Gasteiger partial charge in [-0.05, 0) is 48.5 Å². The van der Waals surface area contributed by atoms with Crippen molar-refractivity contribution in [2.24, 2.45) is 0 Å². The molecule has 0 saturated carbocycles. The van der Waals surface area contributed by atoms with Crippen LogP contribution in [0.4, 0.5) is 16.2 Å². The Balaban J connectivity index is 1.41. The molecule has 2 N–H and O–H groups in total. The van der Waals surface area contributed by atoms with Crippen molar-refractivity contribution in [2.45, 2.75) is 0 Å². The number of nitrogens with one attached hydrogen (secondary N) is 2. The number of carbonyl (C=O) groups is 2. The standard InChI is InChI=1S/C22H15ClN4O6S/c1-32-19-7-5-13(10-17(19)27(30)31)21(28)34-26-22(29)24-15-4-2-3-12(9-15)20-25-16-11-14(23)6-8-18(16)33-20/h2-11H,1H3,(H2,24,26,29). The molecule has 1 heterocycles. The Morgan fingerprint density at radius 2 is 1.97 bits per heavy atom. The van der Waals surface area contributed by atoms with Gasteiger partial charge in [0.1, 0.15) is 5.52 Å². The first-order valence-corrected chi connectivity index (χ1v) is 10.8. The van der Waals surface area contributed by atoms with E-state index in [2.05, 4.69) is 15.0 Å². The number of fused-ring (bicyclic) bond motifs is 1. The van der Waals surface area contributed by atoms with Gasteiger partial charge in [-0.3, -0.25) is 19.6 Å². The Bertz CT molecular complexity index is 1420. The van der Waals surface area contributed by atoms with Crippen LogP contribution >= 0.6 is 23.5 Å². The highest BCUT2D eigenvalue weighted by molar-refractivity contribution is 8.12. The summed E-state index contributed by atoms with van der Waals surface area (Å²) in [5.41, 5.74) is 1.92. The molecular weight excluding hydrogens is 484 g/mol. The number of benzene rings is 3. The molecule has 12 heteroatoms. The number of carbonyl (C=O) groups excluding carboxylic acids is 2. The lowest BCUT2D eigenvalue weighted by Crippen LogP contribution is -2.24. The van der Waals surface area contributed by atoms with Gasteiger partial charge in [0.05, 0.1) is 12.0 Å². The molecule has 0 atom stereocenters. The van der Waals surface area contributed by atoms with E-state index in [1.54, 1.807) is 42.5 Å². The minimum Gasteiger partial charge on any atom is -0.490 e. The van der Waals surface area contributed by atoms with Crippen LogP contribution in [0, 0.1) is 10.1 Å². The molecule has 1 aromatic heterocycles. The van der Waals surface area contributed by atoms with E-state index in [0.717, 1.165) is 6.07 Å². The van der Waals surface area contributed by atoms with Gasteiger partial charge in [-0.2, -0.15) is 0 Å². The van der Waals surface area contributed by atoms with Crippen molar-refractivity contribution in [1.29, 1.82) is 0 Å². The van der Waals surface area contributed by atoms with E-state index in [0.29, 0.717) is 45.2 Å². The number of rotatable bonds is 5. The number of aromatic nitrogens is 1. The fraction of sp³-hybridized carbons (Fsp3) is 0.0455. The van der Waals surface area contributed by atoms with Gasteiger partial charge in [0.2, 0.25) is 11.0 Å². The summed E-state index contributed by atoms with van der Waals surface area (Å²) < 4.78 is 13.0. The highest BCUT2D eigenvalue weighted by Crippen LogP contribution is 2.29. The molecule has 0 spiro atoms. The summed E-state index contributed by atoms with van der Waals surface area (Å²) in [4.78, 5) is 39.5. The second-order valence-electron chi connectivity index (χ2n) is 6.80. The van der Waals surface area contributed by atoms with Gasteiger partial charge in [0.15, 0.2) is 11.3 Å². The number of nitrogens with zero attached hydrogens (tertiary/aromatic N) is 2. The van der Waals surface area contributed by atoms with Crippen molar-refractivity contribution in [3.8, 4) is 17.2 Å². The van der Waals surface area contributed by atoms with Gasteiger partial charge in [-0.15, -0.1) is 0 Å². The summed E-state index contributed by atoms with van der Waals surface area (Å²) in [7, 11) is 1.29.